The molecule has 0 aliphatic heterocycles. The van der Waals surface area contributed by atoms with Gasteiger partial charge in [0.15, 0.2) is 0 Å². The molecule has 0 bridgehead atoms. The van der Waals surface area contributed by atoms with Gasteiger partial charge in [0.05, 0.1) is 35.3 Å². The van der Waals surface area contributed by atoms with Gasteiger partial charge in [0.25, 0.3) is 11.5 Å². The zero-order valence-electron chi connectivity index (χ0n) is 20.2. The monoisotopic (exact) mass is 489 g/mol. The van der Waals surface area contributed by atoms with Crippen LogP contribution in [0.2, 0.25) is 0 Å². The van der Waals surface area contributed by atoms with Crippen molar-refractivity contribution in [2.75, 3.05) is 11.9 Å². The number of anilines is 1. The Kier molecular flexibility index (Phi) is 7.12. The molecule has 180 valence electrons. The summed E-state index contributed by atoms with van der Waals surface area (Å²) in [6.07, 6.45) is 2.23. The number of nitrogens with zero attached hydrogens (tertiary/aromatic N) is 2. The van der Waals surface area contributed by atoms with Crippen LogP contribution in [0.15, 0.2) is 53.6 Å². The average molecular weight is 490 g/mol. The fourth-order valence-corrected chi connectivity index (χ4v) is 4.93. The summed E-state index contributed by atoms with van der Waals surface area (Å²) in [5.41, 5.74) is 4.42. The summed E-state index contributed by atoms with van der Waals surface area (Å²) in [7, 11) is 0. The fraction of sp³-hybridized carbons (Fsp3) is 0.259. The Bertz CT molecular complexity index is 1490. The van der Waals surface area contributed by atoms with Gasteiger partial charge in [0.2, 0.25) is 0 Å². The zero-order chi connectivity index (χ0) is 25.1. The Morgan fingerprint density at radius 3 is 2.66 bits per heavy atom. The summed E-state index contributed by atoms with van der Waals surface area (Å²) in [6.45, 7) is 8.26. The van der Waals surface area contributed by atoms with Gasteiger partial charge in [-0.25, -0.2) is 9.78 Å². The first-order valence-corrected chi connectivity index (χ1v) is 12.2. The first kappa shape index (κ1) is 24.3. The van der Waals surface area contributed by atoms with Crippen LogP contribution in [-0.2, 0) is 11.3 Å². The van der Waals surface area contributed by atoms with E-state index >= 15 is 0 Å². The summed E-state index contributed by atoms with van der Waals surface area (Å²) in [6, 6.07) is 12.8. The number of rotatable bonds is 7. The van der Waals surface area contributed by atoms with Gasteiger partial charge in [-0.3, -0.25) is 14.2 Å². The number of ether oxygens (including phenoxy) is 1. The minimum absolute atomic E-state index is 0.228. The van der Waals surface area contributed by atoms with Crippen LogP contribution in [0.1, 0.15) is 55.6 Å². The number of amides is 1. The number of nitrogens with one attached hydrogen (secondary N) is 1. The van der Waals surface area contributed by atoms with E-state index in [0.29, 0.717) is 32.8 Å². The summed E-state index contributed by atoms with van der Waals surface area (Å²) in [5.74, 6) is -0.649. The highest BCUT2D eigenvalue weighted by atomic mass is 32.1. The predicted octanol–water partition coefficient (Wildman–Crippen LogP) is 5.25. The maximum atomic E-state index is 13.3. The number of aryl methyl sites for hydroxylation is 3. The lowest BCUT2D eigenvalue weighted by Gasteiger charge is -2.09. The van der Waals surface area contributed by atoms with Crippen molar-refractivity contribution in [2.45, 2.75) is 40.7 Å². The van der Waals surface area contributed by atoms with Gasteiger partial charge in [-0.15, -0.1) is 11.3 Å². The smallest absolute Gasteiger partial charge is 0.338 e. The van der Waals surface area contributed by atoms with Crippen LogP contribution in [0.4, 0.5) is 5.69 Å². The normalized spacial score (nSPS) is 11.0. The van der Waals surface area contributed by atoms with E-state index in [1.807, 2.05) is 45.0 Å². The van der Waals surface area contributed by atoms with Gasteiger partial charge < -0.3 is 10.1 Å². The molecule has 35 heavy (non-hydrogen) atoms. The lowest BCUT2D eigenvalue weighted by molar-refractivity contribution is 0.0505. The molecule has 0 unspecified atom stereocenters. The molecule has 0 spiro atoms. The Morgan fingerprint density at radius 1 is 1.11 bits per heavy atom. The van der Waals surface area contributed by atoms with Crippen LogP contribution in [-0.4, -0.2) is 28.0 Å². The van der Waals surface area contributed by atoms with Gasteiger partial charge in [-0.05, 0) is 62.1 Å². The van der Waals surface area contributed by atoms with E-state index in [-0.39, 0.29) is 24.0 Å². The number of thiophene rings is 1. The van der Waals surface area contributed by atoms with E-state index in [9.17, 15) is 14.4 Å². The van der Waals surface area contributed by atoms with Crippen molar-refractivity contribution in [1.29, 1.82) is 0 Å². The van der Waals surface area contributed by atoms with Crippen molar-refractivity contribution < 1.29 is 14.3 Å². The largest absolute Gasteiger partial charge is 0.462 e. The average Bonchev–Trinajstić information content (AvgIpc) is 3.18. The van der Waals surface area contributed by atoms with Crippen LogP contribution < -0.4 is 10.9 Å². The second kappa shape index (κ2) is 10.2. The van der Waals surface area contributed by atoms with Gasteiger partial charge in [-0.1, -0.05) is 36.8 Å². The number of carbonyl (C=O) groups is 2. The molecule has 1 amide bonds. The van der Waals surface area contributed by atoms with E-state index in [0.717, 1.165) is 28.8 Å². The summed E-state index contributed by atoms with van der Waals surface area (Å²) >= 11 is 1.21. The third-order valence-electron chi connectivity index (χ3n) is 5.71. The van der Waals surface area contributed by atoms with Crippen LogP contribution in [0.25, 0.3) is 10.2 Å². The lowest BCUT2D eigenvalue weighted by Crippen LogP contribution is -2.21. The SMILES string of the molecule is CCCOC(=O)c1cccc(Cn2cnc3sc(C(=O)Nc4ccc(C)cc4C)c(C)c3c2=O)c1. The van der Waals surface area contributed by atoms with Crippen molar-refractivity contribution in [2.24, 2.45) is 0 Å². The van der Waals surface area contributed by atoms with Crippen molar-refractivity contribution >= 4 is 39.1 Å². The van der Waals surface area contributed by atoms with Crippen LogP contribution >= 0.6 is 11.3 Å². The van der Waals surface area contributed by atoms with Crippen molar-refractivity contribution in [1.82, 2.24) is 9.55 Å². The fourth-order valence-electron chi connectivity index (χ4n) is 3.89. The summed E-state index contributed by atoms with van der Waals surface area (Å²) in [4.78, 5) is 43.9. The van der Waals surface area contributed by atoms with E-state index in [1.165, 1.54) is 22.2 Å². The number of esters is 1. The molecule has 0 saturated heterocycles. The molecule has 0 aliphatic carbocycles. The summed E-state index contributed by atoms with van der Waals surface area (Å²) in [5, 5.41) is 3.38. The minimum Gasteiger partial charge on any atom is -0.462 e. The Hall–Kier alpha value is -3.78. The second-order valence-corrected chi connectivity index (χ2v) is 9.52. The van der Waals surface area contributed by atoms with Gasteiger partial charge in [0.1, 0.15) is 4.83 Å². The number of carbonyl (C=O) groups excluding carboxylic acids is 2. The molecule has 0 aliphatic rings. The molecule has 0 fully saturated rings. The maximum absolute atomic E-state index is 13.3. The Morgan fingerprint density at radius 2 is 1.91 bits per heavy atom. The third-order valence-corrected chi connectivity index (χ3v) is 6.91. The quantitative estimate of drug-likeness (QED) is 0.358. The molecule has 4 rings (SSSR count). The molecule has 0 saturated carbocycles. The predicted molar refractivity (Wildman–Crippen MR) is 139 cm³/mol. The first-order valence-electron chi connectivity index (χ1n) is 11.4. The van der Waals surface area contributed by atoms with Crippen molar-refractivity contribution in [3.8, 4) is 0 Å². The van der Waals surface area contributed by atoms with Gasteiger partial charge in [-0.2, -0.15) is 0 Å². The molecular formula is C27H27N3O4S. The van der Waals surface area contributed by atoms with E-state index in [4.69, 9.17) is 4.74 Å². The van der Waals surface area contributed by atoms with Gasteiger partial charge >= 0.3 is 5.97 Å². The van der Waals surface area contributed by atoms with Crippen molar-refractivity contribution in [3.63, 3.8) is 0 Å². The number of benzene rings is 2. The molecule has 2 aromatic carbocycles. The number of hydrogen-bond donors (Lipinski definition) is 1. The standard InChI is InChI=1S/C27H27N3O4S/c1-5-11-34-27(33)20-8-6-7-19(13-20)14-30-15-28-25-22(26(30)32)18(4)23(35-25)24(31)29-21-10-9-16(2)12-17(21)3/h6-10,12-13,15H,5,11,14H2,1-4H3,(H,29,31). The summed E-state index contributed by atoms with van der Waals surface area (Å²) < 4.78 is 6.69. The molecular weight excluding hydrogens is 462 g/mol. The lowest BCUT2D eigenvalue weighted by atomic mass is 10.1. The highest BCUT2D eigenvalue weighted by molar-refractivity contribution is 7.20. The van der Waals surface area contributed by atoms with Gasteiger partial charge in [0, 0.05) is 5.69 Å². The molecule has 1 N–H and O–H groups in total. The molecule has 0 radical (unpaired) electrons. The molecule has 2 aromatic heterocycles. The highest BCUT2D eigenvalue weighted by Gasteiger charge is 2.20. The third kappa shape index (κ3) is 5.17. The minimum atomic E-state index is -0.386. The second-order valence-electron chi connectivity index (χ2n) is 8.52. The molecule has 0 atom stereocenters. The maximum Gasteiger partial charge on any atom is 0.338 e. The molecule has 8 heteroatoms. The number of aromatic nitrogens is 2. The highest BCUT2D eigenvalue weighted by Crippen LogP contribution is 2.28. The zero-order valence-corrected chi connectivity index (χ0v) is 21.0. The van der Waals surface area contributed by atoms with E-state index < -0.39 is 0 Å². The topological polar surface area (TPSA) is 90.3 Å². The number of hydrogen-bond acceptors (Lipinski definition) is 6. The Labute approximate surface area is 207 Å². The van der Waals surface area contributed by atoms with E-state index in [2.05, 4.69) is 10.3 Å². The van der Waals surface area contributed by atoms with Crippen LogP contribution in [0.5, 0.6) is 0 Å². The number of fused-ring (bicyclic) bond motifs is 1. The first-order chi connectivity index (χ1) is 16.8. The van der Waals surface area contributed by atoms with Crippen LogP contribution in [0.3, 0.4) is 0 Å². The Balaban J connectivity index is 1.61. The molecule has 2 heterocycles. The van der Waals surface area contributed by atoms with Crippen molar-refractivity contribution in [3.05, 3.63) is 91.8 Å². The van der Waals surface area contributed by atoms with Crippen LogP contribution in [0, 0.1) is 20.8 Å². The molecule has 4 aromatic rings. The molecule has 7 nitrogen and oxygen atoms in total. The van der Waals surface area contributed by atoms with E-state index in [1.54, 1.807) is 25.1 Å².